The number of halogens is 4. The van der Waals surface area contributed by atoms with Crippen molar-refractivity contribution in [1.82, 2.24) is 0 Å². The van der Waals surface area contributed by atoms with Gasteiger partial charge in [0.1, 0.15) is 0 Å². The van der Waals surface area contributed by atoms with Gasteiger partial charge in [-0.15, -0.1) is 11.6 Å². The third-order valence-corrected chi connectivity index (χ3v) is 10.6. The summed E-state index contributed by atoms with van der Waals surface area (Å²) in [4.78, 5) is 0. The van der Waals surface area contributed by atoms with Crippen molar-refractivity contribution in [3.63, 3.8) is 0 Å². The molecule has 4 aliphatic rings. The van der Waals surface area contributed by atoms with Gasteiger partial charge in [0.15, 0.2) is 0 Å². The topological polar surface area (TPSA) is 0 Å². The van der Waals surface area contributed by atoms with Crippen LogP contribution in [-0.4, -0.2) is 5.38 Å². The summed E-state index contributed by atoms with van der Waals surface area (Å²) in [7, 11) is 9.87. The fraction of sp³-hybridized carbons (Fsp3) is 0.765. The molecule has 4 unspecified atom stereocenters. The fourth-order valence-corrected chi connectivity index (χ4v) is 7.61. The van der Waals surface area contributed by atoms with E-state index in [9.17, 15) is 0 Å². The summed E-state index contributed by atoms with van der Waals surface area (Å²) in [6.45, 7) is 24.5. The zero-order valence-corrected chi connectivity index (χ0v) is 32.2. The molecule has 0 aromatic heterocycles. The summed E-state index contributed by atoms with van der Waals surface area (Å²) >= 11 is 11.5. The van der Waals surface area contributed by atoms with Gasteiger partial charge in [-0.2, -0.15) is 0 Å². The molecule has 0 spiro atoms. The van der Waals surface area contributed by atoms with Crippen LogP contribution in [0, 0.1) is 47.3 Å². The Hall–Kier alpha value is 1.00. The zero-order chi connectivity index (χ0) is 30.3. The Bertz CT molecular complexity index is 766. The van der Waals surface area contributed by atoms with E-state index >= 15 is 0 Å². The van der Waals surface area contributed by atoms with E-state index in [-0.39, 0.29) is 0 Å². The van der Waals surface area contributed by atoms with Gasteiger partial charge < -0.3 is 0 Å². The molecule has 226 valence electrons. The molecule has 39 heavy (non-hydrogen) atoms. The van der Waals surface area contributed by atoms with Crippen LogP contribution in [0.15, 0.2) is 23.8 Å². The molecular weight excluding hydrogens is 641 g/mol. The second-order valence-electron chi connectivity index (χ2n) is 11.8. The monoisotopic (exact) mass is 696 g/mol. The summed E-state index contributed by atoms with van der Waals surface area (Å²) in [6.07, 6.45) is 10.2. The molecule has 5 rings (SSSR count). The summed E-state index contributed by atoms with van der Waals surface area (Å²) in [5.74, 6) is 7.49. The Morgan fingerprint density at radius 3 is 1.69 bits per heavy atom. The van der Waals surface area contributed by atoms with E-state index in [0.29, 0.717) is 5.38 Å². The maximum absolute atomic E-state index is 6.28. The molecule has 1 aromatic rings. The van der Waals surface area contributed by atoms with E-state index in [1.807, 2.05) is 39.8 Å². The van der Waals surface area contributed by atoms with Gasteiger partial charge in [0, 0.05) is 10.4 Å². The molecule has 0 N–H and O–H groups in total. The van der Waals surface area contributed by atoms with Crippen molar-refractivity contribution in [1.29, 1.82) is 0 Å². The first-order valence-electron chi connectivity index (χ1n) is 15.6. The molecule has 0 saturated heterocycles. The number of hydrogen-bond acceptors (Lipinski definition) is 0. The van der Waals surface area contributed by atoms with Crippen LogP contribution in [0.3, 0.4) is 0 Å². The first-order chi connectivity index (χ1) is 18.5. The third-order valence-electron chi connectivity index (χ3n) is 9.66. The van der Waals surface area contributed by atoms with Gasteiger partial charge in [-0.3, -0.25) is 0 Å². The van der Waals surface area contributed by atoms with E-state index in [0.717, 1.165) is 58.8 Å². The number of hydrogen-bond donors (Lipinski definition) is 0. The summed E-state index contributed by atoms with van der Waals surface area (Å²) in [6, 6.07) is 6.06. The van der Waals surface area contributed by atoms with E-state index in [1.165, 1.54) is 48.8 Å². The van der Waals surface area contributed by atoms with Crippen LogP contribution in [0.1, 0.15) is 119 Å². The van der Waals surface area contributed by atoms with Crippen molar-refractivity contribution in [2.45, 2.75) is 120 Å². The van der Waals surface area contributed by atoms with Crippen LogP contribution >= 0.6 is 40.2 Å². The van der Waals surface area contributed by atoms with Gasteiger partial charge in [-0.1, -0.05) is 117 Å². The van der Waals surface area contributed by atoms with Crippen LogP contribution in [0.25, 0.3) is 6.08 Å². The van der Waals surface area contributed by atoms with Gasteiger partial charge in [0.05, 0.1) is 0 Å². The van der Waals surface area contributed by atoms with E-state index in [2.05, 4.69) is 60.6 Å². The van der Waals surface area contributed by atoms with Crippen LogP contribution in [0.5, 0.6) is 0 Å². The van der Waals surface area contributed by atoms with E-state index in [1.54, 1.807) is 0 Å². The Kier molecular flexibility index (Phi) is 22.2. The van der Waals surface area contributed by atoms with Gasteiger partial charge >= 0.3 is 37.9 Å². The summed E-state index contributed by atoms with van der Waals surface area (Å²) < 4.78 is 0. The van der Waals surface area contributed by atoms with Gasteiger partial charge in [0.2, 0.25) is 0 Å². The number of rotatable bonds is 0. The van der Waals surface area contributed by atoms with Crippen molar-refractivity contribution in [2.75, 3.05) is 0 Å². The molecule has 5 heteroatoms. The van der Waals surface area contributed by atoms with Crippen molar-refractivity contribution >= 4 is 46.3 Å². The predicted molar refractivity (Wildman–Crippen MR) is 178 cm³/mol. The number of fused-ring (bicyclic) bond motifs is 2. The molecule has 0 bridgehead atoms. The van der Waals surface area contributed by atoms with Crippen molar-refractivity contribution in [2.24, 2.45) is 47.3 Å². The Labute approximate surface area is 272 Å². The first kappa shape index (κ1) is 40.0. The van der Waals surface area contributed by atoms with Crippen LogP contribution in [0.4, 0.5) is 0 Å². The Morgan fingerprint density at radius 2 is 1.26 bits per heavy atom. The van der Waals surface area contributed by atoms with Crippen LogP contribution in [-0.2, 0) is 27.3 Å². The Morgan fingerprint density at radius 1 is 0.769 bits per heavy atom. The molecule has 4 aliphatic carbocycles. The van der Waals surface area contributed by atoms with Gasteiger partial charge in [-0.25, -0.2) is 0 Å². The molecule has 3 saturated carbocycles. The molecule has 0 aliphatic heterocycles. The zero-order valence-electron chi connectivity index (χ0n) is 26.8. The molecule has 0 radical (unpaired) electrons. The second-order valence-corrected chi connectivity index (χ2v) is 16.5. The average molecular weight is 700 g/mol. The molecule has 0 amide bonds. The van der Waals surface area contributed by atoms with Crippen molar-refractivity contribution in [3.8, 4) is 0 Å². The van der Waals surface area contributed by atoms with Crippen molar-refractivity contribution < 1.29 is 20.8 Å². The second kappa shape index (κ2) is 21.7. The van der Waals surface area contributed by atoms with Crippen LogP contribution in [0.2, 0.25) is 5.02 Å². The molecule has 0 heterocycles. The maximum atomic E-state index is 6.28. The van der Waals surface area contributed by atoms with Gasteiger partial charge in [-0.05, 0) is 97.1 Å². The quantitative estimate of drug-likeness (QED) is 0.237. The van der Waals surface area contributed by atoms with E-state index in [4.69, 9.17) is 40.2 Å². The van der Waals surface area contributed by atoms with E-state index < -0.39 is 20.8 Å². The minimum absolute atomic E-state index is 0.513. The molecule has 3 fully saturated rings. The molecule has 0 nitrogen and oxygen atoms in total. The average Bonchev–Trinajstić information content (AvgIpc) is 3.56. The summed E-state index contributed by atoms with van der Waals surface area (Å²) in [5, 5.41) is 1.41. The SMILES string of the molecule is CC.CC.CC1=Cc2cccc(Cl)c2C1.CC1C(C)C(C)C(C)C1C.CC1CC2CCCC(Cl)C2C1.[Cl][Zr][Cl]. The molecular formula is C34H58Cl4Zr. The third kappa shape index (κ3) is 12.6. The van der Waals surface area contributed by atoms with Crippen LogP contribution < -0.4 is 0 Å². The number of alkyl halides is 1. The summed E-state index contributed by atoms with van der Waals surface area (Å²) in [5.41, 5.74) is 3.97. The van der Waals surface area contributed by atoms with Crippen molar-refractivity contribution in [3.05, 3.63) is 39.9 Å². The molecule has 4 atom stereocenters. The predicted octanol–water partition coefficient (Wildman–Crippen LogP) is 13.3. The van der Waals surface area contributed by atoms with Gasteiger partial charge in [0.25, 0.3) is 0 Å². The first-order valence-corrected chi connectivity index (χ1v) is 22.7. The normalized spacial score (nSPS) is 33.3. The molecule has 1 aromatic carbocycles. The fourth-order valence-electron chi connectivity index (χ4n) is 6.90. The number of benzene rings is 1. The minimum atomic E-state index is -0.826. The standard InChI is InChI=1S/C10H17Cl.C10H9Cl.C10H20.2C2H6.2ClH.Zr/c2*1-7-5-8-3-2-4-10(11)9(8)6-7;1-6-7(2)9(4)10(5)8(6)3;2*1-2;;;/h7-10H,2-6H2,1H3;2-5H,6H2,1H3;6-10H,1-5H3;2*1-2H3;2*1H;/q;;;;;;;+2/p-2. The number of allylic oxidation sites excluding steroid dienone is 1. The Balaban J connectivity index is 0.000000498.